The lowest BCUT2D eigenvalue weighted by molar-refractivity contribution is 0.251. The van der Waals surface area contributed by atoms with E-state index in [9.17, 15) is 13.6 Å². The van der Waals surface area contributed by atoms with Crippen molar-refractivity contribution in [2.75, 3.05) is 5.32 Å². The van der Waals surface area contributed by atoms with Gasteiger partial charge in [0.05, 0.1) is 5.69 Å². The molecular formula is C20H18BrF2N3O. The van der Waals surface area contributed by atoms with Crippen molar-refractivity contribution >= 4 is 27.6 Å². The molecule has 0 unspecified atom stereocenters. The highest BCUT2D eigenvalue weighted by atomic mass is 79.9. The van der Waals surface area contributed by atoms with Gasteiger partial charge in [-0.15, -0.1) is 0 Å². The molecule has 3 rings (SSSR count). The van der Waals surface area contributed by atoms with E-state index in [0.717, 1.165) is 22.6 Å². The van der Waals surface area contributed by atoms with E-state index in [1.165, 1.54) is 24.3 Å². The summed E-state index contributed by atoms with van der Waals surface area (Å²) in [6, 6.07) is 12.1. The van der Waals surface area contributed by atoms with E-state index in [-0.39, 0.29) is 18.0 Å². The zero-order valence-electron chi connectivity index (χ0n) is 14.8. The normalized spacial score (nSPS) is 10.7. The zero-order valence-corrected chi connectivity index (χ0v) is 16.4. The Morgan fingerprint density at radius 1 is 1.07 bits per heavy atom. The number of amides is 2. The van der Waals surface area contributed by atoms with E-state index >= 15 is 0 Å². The average Bonchev–Trinajstić information content (AvgIpc) is 2.90. The Kier molecular flexibility index (Phi) is 5.60. The first kappa shape index (κ1) is 19.1. The minimum Gasteiger partial charge on any atom is -0.334 e. The molecule has 0 aliphatic carbocycles. The van der Waals surface area contributed by atoms with E-state index in [1.54, 1.807) is 18.2 Å². The molecule has 0 radical (unpaired) electrons. The van der Waals surface area contributed by atoms with Gasteiger partial charge >= 0.3 is 6.03 Å². The number of aryl methyl sites for hydroxylation is 1. The van der Waals surface area contributed by atoms with Crippen molar-refractivity contribution in [3.8, 4) is 5.69 Å². The van der Waals surface area contributed by atoms with Crippen LogP contribution in [0.15, 0.2) is 53.0 Å². The van der Waals surface area contributed by atoms with Crippen molar-refractivity contribution in [3.63, 3.8) is 0 Å². The van der Waals surface area contributed by atoms with Crippen molar-refractivity contribution in [1.29, 1.82) is 0 Å². The quantitative estimate of drug-likeness (QED) is 0.563. The van der Waals surface area contributed by atoms with Gasteiger partial charge in [0.1, 0.15) is 11.6 Å². The maximum absolute atomic E-state index is 13.8. The van der Waals surface area contributed by atoms with Crippen molar-refractivity contribution in [1.82, 2.24) is 9.88 Å². The molecule has 0 aliphatic heterocycles. The van der Waals surface area contributed by atoms with Crippen LogP contribution in [0, 0.1) is 25.5 Å². The average molecular weight is 434 g/mol. The Labute approximate surface area is 164 Å². The van der Waals surface area contributed by atoms with Gasteiger partial charge < -0.3 is 15.2 Å². The molecule has 1 aromatic heterocycles. The molecule has 140 valence electrons. The summed E-state index contributed by atoms with van der Waals surface area (Å²) in [6.45, 7) is 4.15. The fraction of sp³-hybridized carbons (Fsp3) is 0.150. The molecule has 4 nitrogen and oxygen atoms in total. The summed E-state index contributed by atoms with van der Waals surface area (Å²) in [5.74, 6) is -0.811. The first-order chi connectivity index (χ1) is 12.8. The van der Waals surface area contributed by atoms with Crippen LogP contribution in [0.3, 0.4) is 0 Å². The molecule has 0 spiro atoms. The van der Waals surface area contributed by atoms with E-state index in [1.807, 2.05) is 24.5 Å². The number of rotatable bonds is 4. The lowest BCUT2D eigenvalue weighted by Gasteiger charge is -2.11. The topological polar surface area (TPSA) is 46.1 Å². The molecular weight excluding hydrogens is 416 g/mol. The third-order valence-corrected chi connectivity index (χ3v) is 4.73. The van der Waals surface area contributed by atoms with Crippen molar-refractivity contribution in [2.24, 2.45) is 0 Å². The van der Waals surface area contributed by atoms with Gasteiger partial charge in [0.15, 0.2) is 0 Å². The molecule has 1 heterocycles. The Morgan fingerprint density at radius 3 is 2.44 bits per heavy atom. The van der Waals surface area contributed by atoms with Crippen molar-refractivity contribution in [2.45, 2.75) is 20.4 Å². The fourth-order valence-electron chi connectivity index (χ4n) is 2.93. The second kappa shape index (κ2) is 7.92. The molecule has 2 aromatic carbocycles. The molecule has 0 atom stereocenters. The first-order valence-corrected chi connectivity index (χ1v) is 9.08. The number of carbonyl (C=O) groups is 1. The maximum atomic E-state index is 13.8. The van der Waals surface area contributed by atoms with Gasteiger partial charge in [0.25, 0.3) is 0 Å². The number of benzene rings is 2. The third kappa shape index (κ3) is 4.36. The van der Waals surface area contributed by atoms with Crippen LogP contribution in [0.2, 0.25) is 0 Å². The second-order valence-corrected chi connectivity index (χ2v) is 7.06. The summed E-state index contributed by atoms with van der Waals surface area (Å²) >= 11 is 3.17. The fourth-order valence-corrected chi connectivity index (χ4v) is 3.26. The van der Waals surface area contributed by atoms with E-state index in [4.69, 9.17) is 0 Å². The smallest absolute Gasteiger partial charge is 0.319 e. The van der Waals surface area contributed by atoms with Crippen LogP contribution in [0.1, 0.15) is 17.0 Å². The molecule has 0 saturated carbocycles. The zero-order chi connectivity index (χ0) is 19.6. The number of hydrogen-bond donors (Lipinski definition) is 2. The monoisotopic (exact) mass is 433 g/mol. The highest BCUT2D eigenvalue weighted by Gasteiger charge is 2.12. The summed E-state index contributed by atoms with van der Waals surface area (Å²) in [6.07, 6.45) is 0. The highest BCUT2D eigenvalue weighted by molar-refractivity contribution is 9.10. The highest BCUT2D eigenvalue weighted by Crippen LogP contribution is 2.22. The lowest BCUT2D eigenvalue weighted by Crippen LogP contribution is -2.28. The van der Waals surface area contributed by atoms with Crippen LogP contribution in [0.25, 0.3) is 5.69 Å². The van der Waals surface area contributed by atoms with Gasteiger partial charge in [-0.1, -0.05) is 15.9 Å². The second-order valence-electron chi connectivity index (χ2n) is 6.14. The van der Waals surface area contributed by atoms with Gasteiger partial charge in [-0.2, -0.15) is 0 Å². The maximum Gasteiger partial charge on any atom is 0.319 e. The predicted molar refractivity (Wildman–Crippen MR) is 105 cm³/mol. The SMILES string of the molecule is Cc1cc(CNC(=O)Nc2ccc(Br)cc2F)c(C)n1-c1ccc(F)cc1. The van der Waals surface area contributed by atoms with E-state index in [2.05, 4.69) is 26.6 Å². The summed E-state index contributed by atoms with van der Waals surface area (Å²) in [4.78, 5) is 12.1. The van der Waals surface area contributed by atoms with Crippen LogP contribution in [-0.2, 0) is 6.54 Å². The Morgan fingerprint density at radius 2 is 1.78 bits per heavy atom. The molecule has 0 saturated heterocycles. The van der Waals surface area contributed by atoms with E-state index in [0.29, 0.717) is 4.47 Å². The summed E-state index contributed by atoms with van der Waals surface area (Å²) < 4.78 is 29.5. The Balaban J connectivity index is 1.70. The third-order valence-electron chi connectivity index (χ3n) is 4.24. The van der Waals surface area contributed by atoms with Crippen molar-refractivity contribution < 1.29 is 13.6 Å². The minimum atomic E-state index is -0.519. The lowest BCUT2D eigenvalue weighted by atomic mass is 10.2. The van der Waals surface area contributed by atoms with Gasteiger partial charge in [-0.05, 0) is 67.9 Å². The van der Waals surface area contributed by atoms with Crippen LogP contribution < -0.4 is 10.6 Å². The van der Waals surface area contributed by atoms with Crippen molar-refractivity contribution in [3.05, 3.63) is 81.6 Å². The number of urea groups is 1. The molecule has 2 N–H and O–H groups in total. The number of nitrogens with one attached hydrogen (secondary N) is 2. The standard InChI is InChI=1S/C20H18BrF2N3O/c1-12-9-14(13(2)26(12)17-6-4-16(22)5-7-17)11-24-20(27)25-19-8-3-15(21)10-18(19)23/h3-10H,11H2,1-2H3,(H2,24,25,27). The summed E-state index contributed by atoms with van der Waals surface area (Å²) in [5, 5.41) is 5.22. The molecule has 0 aliphatic rings. The number of carbonyl (C=O) groups excluding carboxylic acids is 1. The summed E-state index contributed by atoms with van der Waals surface area (Å²) in [5.41, 5.74) is 3.78. The molecule has 27 heavy (non-hydrogen) atoms. The van der Waals surface area contributed by atoms with Crippen LogP contribution in [-0.4, -0.2) is 10.6 Å². The number of hydrogen-bond acceptors (Lipinski definition) is 1. The Hall–Kier alpha value is -2.67. The molecule has 2 amide bonds. The Bertz CT molecular complexity index is 984. The number of aromatic nitrogens is 1. The molecule has 0 bridgehead atoms. The minimum absolute atomic E-state index is 0.104. The predicted octanol–water partition coefficient (Wildman–Crippen LogP) is 5.46. The van der Waals surface area contributed by atoms with Gasteiger partial charge in [0, 0.05) is 28.1 Å². The van der Waals surface area contributed by atoms with Gasteiger partial charge in [-0.25, -0.2) is 13.6 Å². The molecule has 3 aromatic rings. The van der Waals surface area contributed by atoms with Crippen LogP contribution in [0.4, 0.5) is 19.3 Å². The largest absolute Gasteiger partial charge is 0.334 e. The summed E-state index contributed by atoms with van der Waals surface area (Å²) in [7, 11) is 0. The number of halogens is 3. The first-order valence-electron chi connectivity index (χ1n) is 8.29. The van der Waals surface area contributed by atoms with Crippen LogP contribution >= 0.6 is 15.9 Å². The molecule has 7 heteroatoms. The number of nitrogens with zero attached hydrogens (tertiary/aromatic N) is 1. The van der Waals surface area contributed by atoms with Gasteiger partial charge in [0.2, 0.25) is 0 Å². The number of anilines is 1. The van der Waals surface area contributed by atoms with E-state index < -0.39 is 11.8 Å². The van der Waals surface area contributed by atoms with Gasteiger partial charge in [-0.3, -0.25) is 0 Å². The van der Waals surface area contributed by atoms with Crippen LogP contribution in [0.5, 0.6) is 0 Å². The molecule has 0 fully saturated rings.